The fourth-order valence-corrected chi connectivity index (χ4v) is 1.08. The van der Waals surface area contributed by atoms with Gasteiger partial charge < -0.3 is 0 Å². The largest absolute Gasteiger partial charge is 0.291 e. The summed E-state index contributed by atoms with van der Waals surface area (Å²) in [5.41, 5.74) is 0. The van der Waals surface area contributed by atoms with Gasteiger partial charge in [-0.3, -0.25) is 8.37 Å². The zero-order chi connectivity index (χ0) is 11.5. The van der Waals surface area contributed by atoms with E-state index in [4.69, 9.17) is 18.9 Å². The molecule has 0 heterocycles. The summed E-state index contributed by atoms with van der Waals surface area (Å²) in [4.78, 5) is 0. The zero-order valence-electron chi connectivity index (χ0n) is 9.10. The minimum atomic E-state index is 0.0178. The van der Waals surface area contributed by atoms with Gasteiger partial charge in [-0.05, 0) is 26.7 Å². The standard InChI is InChI=1S/C10H16N2O2S/c1-9(7-11)3-5-13-15-14-6-4-10(2)8-12/h9-10H,3-6H2,1-2H3. The molecule has 0 bridgehead atoms. The van der Waals surface area contributed by atoms with Crippen molar-refractivity contribution in [2.24, 2.45) is 11.8 Å². The molecule has 0 rings (SSSR count). The van der Waals surface area contributed by atoms with E-state index in [0.717, 1.165) is 12.3 Å². The van der Waals surface area contributed by atoms with Crippen LogP contribution in [0.5, 0.6) is 0 Å². The molecule has 2 atom stereocenters. The first kappa shape index (κ1) is 14.2. The summed E-state index contributed by atoms with van der Waals surface area (Å²) < 4.78 is 10.2. The summed E-state index contributed by atoms with van der Waals surface area (Å²) in [7, 11) is 0. The minimum absolute atomic E-state index is 0.0178. The number of nitriles is 2. The highest BCUT2D eigenvalue weighted by molar-refractivity contribution is 7.89. The normalized spacial score (nSPS) is 13.9. The predicted octanol–water partition coefficient (Wildman–Crippen LogP) is 2.68. The Morgan fingerprint density at radius 3 is 1.73 bits per heavy atom. The molecule has 4 nitrogen and oxygen atoms in total. The summed E-state index contributed by atoms with van der Waals surface area (Å²) >= 11 is 0.939. The van der Waals surface area contributed by atoms with Gasteiger partial charge in [0, 0.05) is 11.8 Å². The first-order valence-electron chi connectivity index (χ1n) is 4.91. The van der Waals surface area contributed by atoms with E-state index in [1.807, 2.05) is 13.8 Å². The summed E-state index contributed by atoms with van der Waals surface area (Å²) in [6.07, 6.45) is 1.42. The molecule has 0 fully saturated rings. The smallest absolute Gasteiger partial charge is 0.158 e. The van der Waals surface area contributed by atoms with Crippen LogP contribution in [0.4, 0.5) is 0 Å². The number of rotatable bonds is 8. The maximum atomic E-state index is 8.49. The minimum Gasteiger partial charge on any atom is -0.291 e. The molecule has 0 aromatic rings. The first-order valence-corrected chi connectivity index (χ1v) is 5.57. The quantitative estimate of drug-likeness (QED) is 0.472. The third kappa shape index (κ3) is 9.55. The molecular formula is C10H16N2O2S. The predicted molar refractivity (Wildman–Crippen MR) is 58.3 cm³/mol. The molecule has 15 heavy (non-hydrogen) atoms. The van der Waals surface area contributed by atoms with Gasteiger partial charge in [-0.25, -0.2) is 0 Å². The monoisotopic (exact) mass is 228 g/mol. The zero-order valence-corrected chi connectivity index (χ0v) is 9.92. The van der Waals surface area contributed by atoms with Gasteiger partial charge in [0.05, 0.1) is 25.4 Å². The summed E-state index contributed by atoms with van der Waals surface area (Å²) in [5.74, 6) is 0.0356. The lowest BCUT2D eigenvalue weighted by Crippen LogP contribution is -1.98. The fourth-order valence-electron chi connectivity index (χ4n) is 0.681. The van der Waals surface area contributed by atoms with E-state index in [-0.39, 0.29) is 11.8 Å². The van der Waals surface area contributed by atoms with Crippen molar-refractivity contribution in [1.82, 2.24) is 0 Å². The molecule has 0 aromatic heterocycles. The van der Waals surface area contributed by atoms with Crippen molar-refractivity contribution in [3.05, 3.63) is 0 Å². The number of hydrogen-bond acceptors (Lipinski definition) is 5. The van der Waals surface area contributed by atoms with Crippen molar-refractivity contribution in [2.45, 2.75) is 26.7 Å². The molecule has 0 aromatic carbocycles. The van der Waals surface area contributed by atoms with Gasteiger partial charge in [0.15, 0.2) is 12.3 Å². The number of hydrogen-bond donors (Lipinski definition) is 0. The fraction of sp³-hybridized carbons (Fsp3) is 0.800. The number of nitrogens with zero attached hydrogens (tertiary/aromatic N) is 2. The van der Waals surface area contributed by atoms with E-state index in [1.165, 1.54) is 0 Å². The van der Waals surface area contributed by atoms with Crippen LogP contribution in [-0.2, 0) is 8.37 Å². The van der Waals surface area contributed by atoms with Gasteiger partial charge in [-0.2, -0.15) is 10.5 Å². The highest BCUT2D eigenvalue weighted by Gasteiger charge is 2.01. The van der Waals surface area contributed by atoms with E-state index in [1.54, 1.807) is 0 Å². The van der Waals surface area contributed by atoms with Crippen molar-refractivity contribution < 1.29 is 8.37 Å². The maximum absolute atomic E-state index is 8.49. The van der Waals surface area contributed by atoms with Gasteiger partial charge >= 0.3 is 0 Å². The molecular weight excluding hydrogens is 212 g/mol. The van der Waals surface area contributed by atoms with Crippen LogP contribution in [-0.4, -0.2) is 13.2 Å². The van der Waals surface area contributed by atoms with Crippen molar-refractivity contribution in [2.75, 3.05) is 13.2 Å². The van der Waals surface area contributed by atoms with Crippen LogP contribution in [0.1, 0.15) is 26.7 Å². The van der Waals surface area contributed by atoms with E-state index in [9.17, 15) is 0 Å². The van der Waals surface area contributed by atoms with E-state index >= 15 is 0 Å². The second-order valence-electron chi connectivity index (χ2n) is 3.35. The van der Waals surface area contributed by atoms with Crippen molar-refractivity contribution in [1.29, 1.82) is 10.5 Å². The topological polar surface area (TPSA) is 66.0 Å². The van der Waals surface area contributed by atoms with Gasteiger partial charge in [-0.15, -0.1) is 0 Å². The molecule has 0 amide bonds. The second kappa shape index (κ2) is 9.79. The highest BCUT2D eigenvalue weighted by atomic mass is 32.2. The molecule has 0 N–H and O–H groups in total. The van der Waals surface area contributed by atoms with E-state index in [0.29, 0.717) is 26.1 Å². The Morgan fingerprint density at radius 2 is 1.40 bits per heavy atom. The lowest BCUT2D eigenvalue weighted by Gasteiger charge is -2.04. The van der Waals surface area contributed by atoms with Crippen LogP contribution in [0.25, 0.3) is 0 Å². The van der Waals surface area contributed by atoms with Gasteiger partial charge in [0.2, 0.25) is 0 Å². The Labute approximate surface area is 95.6 Å². The maximum Gasteiger partial charge on any atom is 0.158 e. The van der Waals surface area contributed by atoms with Gasteiger partial charge in [0.1, 0.15) is 0 Å². The Bertz CT molecular complexity index is 211. The molecule has 0 spiro atoms. The lowest BCUT2D eigenvalue weighted by molar-refractivity contribution is 0.268. The molecule has 0 saturated carbocycles. The average Bonchev–Trinajstić information content (AvgIpc) is 2.26. The van der Waals surface area contributed by atoms with Crippen LogP contribution >= 0.6 is 12.3 Å². The third-order valence-corrected chi connectivity index (χ3v) is 2.33. The van der Waals surface area contributed by atoms with E-state index in [2.05, 4.69) is 12.1 Å². The Kier molecular flexibility index (Phi) is 9.30. The van der Waals surface area contributed by atoms with Crippen LogP contribution in [0.2, 0.25) is 0 Å². The molecule has 84 valence electrons. The SMILES string of the molecule is CC(C#N)CCOSOCCC(C)C#N. The highest BCUT2D eigenvalue weighted by Crippen LogP contribution is 2.10. The molecule has 2 unspecified atom stereocenters. The molecule has 0 saturated heterocycles. The van der Waals surface area contributed by atoms with Gasteiger partial charge in [-0.1, -0.05) is 0 Å². The molecule has 0 aliphatic carbocycles. The lowest BCUT2D eigenvalue weighted by atomic mass is 10.1. The van der Waals surface area contributed by atoms with Crippen molar-refractivity contribution in [3.8, 4) is 12.1 Å². The molecule has 0 aliphatic rings. The molecule has 0 radical (unpaired) electrons. The van der Waals surface area contributed by atoms with Crippen LogP contribution in [0.3, 0.4) is 0 Å². The summed E-state index contributed by atoms with van der Waals surface area (Å²) in [5, 5.41) is 17.0. The van der Waals surface area contributed by atoms with Crippen LogP contribution in [0, 0.1) is 34.5 Å². The Balaban J connectivity index is 3.13. The Hall–Kier alpha value is -0.750. The van der Waals surface area contributed by atoms with Gasteiger partial charge in [0.25, 0.3) is 0 Å². The first-order chi connectivity index (χ1) is 7.20. The third-order valence-electron chi connectivity index (χ3n) is 1.81. The Morgan fingerprint density at radius 1 is 1.00 bits per heavy atom. The van der Waals surface area contributed by atoms with Crippen LogP contribution in [0.15, 0.2) is 0 Å². The molecule has 0 aliphatic heterocycles. The summed E-state index contributed by atoms with van der Waals surface area (Å²) in [6.45, 7) is 4.72. The van der Waals surface area contributed by atoms with Crippen molar-refractivity contribution >= 4 is 12.3 Å². The summed E-state index contributed by atoms with van der Waals surface area (Å²) in [6, 6.07) is 4.25. The van der Waals surface area contributed by atoms with E-state index < -0.39 is 0 Å². The van der Waals surface area contributed by atoms with Crippen molar-refractivity contribution in [3.63, 3.8) is 0 Å². The molecule has 5 heteroatoms. The second-order valence-corrected chi connectivity index (χ2v) is 3.96. The van der Waals surface area contributed by atoms with Crippen LogP contribution < -0.4 is 0 Å². The average molecular weight is 228 g/mol.